The summed E-state index contributed by atoms with van der Waals surface area (Å²) in [4.78, 5) is 11.0. The normalized spacial score (nSPS) is 9.93. The highest BCUT2D eigenvalue weighted by molar-refractivity contribution is 6.29. The van der Waals surface area contributed by atoms with Crippen LogP contribution < -0.4 is 5.32 Å². The Hall–Kier alpha value is -1.22. The smallest absolute Gasteiger partial charge is 0.239 e. The molecule has 0 radical (unpaired) electrons. The largest absolute Gasteiger partial charge is 0.507 e. The number of nitrogens with one attached hydrogen (secondary N) is 1. The summed E-state index contributed by atoms with van der Waals surface area (Å²) in [5.74, 6) is -0.0658. The molecule has 14 heavy (non-hydrogen) atoms. The molecule has 76 valence electrons. The molecule has 0 aliphatic heterocycles. The molecule has 0 saturated heterocycles. The maximum atomic E-state index is 11.0. The van der Waals surface area contributed by atoms with E-state index in [2.05, 4.69) is 5.32 Å². The Morgan fingerprint density at radius 2 is 1.93 bits per heavy atom. The van der Waals surface area contributed by atoms with E-state index < -0.39 is 0 Å². The second-order valence-corrected chi connectivity index (χ2v) is 3.41. The van der Waals surface area contributed by atoms with E-state index >= 15 is 0 Å². The molecule has 2 N–H and O–H groups in total. The van der Waals surface area contributed by atoms with Crippen molar-refractivity contribution < 1.29 is 9.90 Å². The minimum absolute atomic E-state index is 0.0705. The van der Waals surface area contributed by atoms with Crippen LogP contribution in [0.1, 0.15) is 11.1 Å². The van der Waals surface area contributed by atoms with Gasteiger partial charge in [0.25, 0.3) is 0 Å². The molecule has 1 rings (SSSR count). The maximum Gasteiger partial charge on any atom is 0.239 e. The molecular formula is C10H12ClNO2. The molecule has 0 saturated carbocycles. The van der Waals surface area contributed by atoms with Gasteiger partial charge in [-0.1, -0.05) is 0 Å². The third kappa shape index (κ3) is 2.39. The van der Waals surface area contributed by atoms with E-state index in [0.29, 0.717) is 5.69 Å². The number of halogens is 1. The number of carbonyl (C=O) groups excluding carboxylic acids is 1. The summed E-state index contributed by atoms with van der Waals surface area (Å²) in [6.07, 6.45) is 0. The van der Waals surface area contributed by atoms with Crippen LogP contribution in [0.15, 0.2) is 12.1 Å². The number of alkyl halides is 1. The summed E-state index contributed by atoms with van der Waals surface area (Å²) in [5.41, 5.74) is 2.12. The number of benzene rings is 1. The van der Waals surface area contributed by atoms with Gasteiger partial charge in [-0.3, -0.25) is 4.79 Å². The molecule has 0 aromatic heterocycles. The van der Waals surface area contributed by atoms with Crippen LogP contribution >= 0.6 is 11.6 Å². The monoisotopic (exact) mass is 213 g/mol. The first-order valence-electron chi connectivity index (χ1n) is 4.20. The summed E-state index contributed by atoms with van der Waals surface area (Å²) in [6.45, 7) is 3.55. The second kappa shape index (κ2) is 4.33. The van der Waals surface area contributed by atoms with Crippen LogP contribution in [0.2, 0.25) is 0 Å². The number of anilines is 1. The molecule has 0 aliphatic rings. The first-order chi connectivity index (χ1) is 6.54. The van der Waals surface area contributed by atoms with Crippen LogP contribution in [0.5, 0.6) is 5.75 Å². The van der Waals surface area contributed by atoms with Crippen molar-refractivity contribution in [2.75, 3.05) is 11.2 Å². The van der Waals surface area contributed by atoms with Gasteiger partial charge in [0.05, 0.1) is 0 Å². The zero-order chi connectivity index (χ0) is 10.7. The van der Waals surface area contributed by atoms with Crippen molar-refractivity contribution in [2.24, 2.45) is 0 Å². The van der Waals surface area contributed by atoms with Crippen molar-refractivity contribution in [3.05, 3.63) is 23.3 Å². The second-order valence-electron chi connectivity index (χ2n) is 3.14. The fourth-order valence-corrected chi connectivity index (χ4v) is 1.29. The van der Waals surface area contributed by atoms with Crippen LogP contribution in [0.3, 0.4) is 0 Å². The average Bonchev–Trinajstić information content (AvgIpc) is 2.14. The van der Waals surface area contributed by atoms with Crippen LogP contribution in [-0.2, 0) is 4.79 Å². The Balaban J connectivity index is 2.95. The quantitative estimate of drug-likeness (QED) is 0.585. The molecule has 0 fully saturated rings. The zero-order valence-electron chi connectivity index (χ0n) is 8.10. The van der Waals surface area contributed by atoms with Gasteiger partial charge in [0.1, 0.15) is 11.6 Å². The average molecular weight is 214 g/mol. The topological polar surface area (TPSA) is 49.3 Å². The number of rotatable bonds is 2. The summed E-state index contributed by atoms with van der Waals surface area (Å²) in [6, 6.07) is 3.40. The van der Waals surface area contributed by atoms with Crippen molar-refractivity contribution in [3.63, 3.8) is 0 Å². The lowest BCUT2D eigenvalue weighted by Crippen LogP contribution is -2.12. The molecular weight excluding hydrogens is 202 g/mol. The minimum atomic E-state index is -0.254. The maximum absolute atomic E-state index is 11.0. The van der Waals surface area contributed by atoms with Gasteiger partial charge in [-0.25, -0.2) is 0 Å². The highest BCUT2D eigenvalue weighted by atomic mass is 35.5. The molecule has 1 aromatic rings. The molecule has 1 aromatic carbocycles. The lowest BCUT2D eigenvalue weighted by atomic mass is 10.1. The fourth-order valence-electron chi connectivity index (χ4n) is 1.22. The van der Waals surface area contributed by atoms with E-state index in [1.807, 2.05) is 0 Å². The molecule has 3 nitrogen and oxygen atoms in total. The minimum Gasteiger partial charge on any atom is -0.507 e. The van der Waals surface area contributed by atoms with E-state index in [-0.39, 0.29) is 17.5 Å². The Morgan fingerprint density at radius 1 is 1.43 bits per heavy atom. The van der Waals surface area contributed by atoms with Gasteiger partial charge in [-0.05, 0) is 37.1 Å². The van der Waals surface area contributed by atoms with E-state index in [9.17, 15) is 9.90 Å². The Labute approximate surface area is 87.7 Å². The van der Waals surface area contributed by atoms with Crippen molar-refractivity contribution in [2.45, 2.75) is 13.8 Å². The highest BCUT2D eigenvalue weighted by Gasteiger charge is 2.05. The molecule has 4 heteroatoms. The number of aryl methyl sites for hydroxylation is 2. The lowest BCUT2D eigenvalue weighted by molar-refractivity contribution is -0.113. The van der Waals surface area contributed by atoms with Gasteiger partial charge < -0.3 is 10.4 Å². The third-order valence-corrected chi connectivity index (χ3v) is 2.14. The summed E-state index contributed by atoms with van der Waals surface area (Å²) in [5, 5.41) is 12.1. The Kier molecular flexibility index (Phi) is 3.36. The highest BCUT2D eigenvalue weighted by Crippen LogP contribution is 2.25. The molecule has 1 amide bonds. The Bertz CT molecular complexity index is 340. The van der Waals surface area contributed by atoms with Crippen LogP contribution in [0.25, 0.3) is 0 Å². The molecule has 0 heterocycles. The number of hydrogen-bond acceptors (Lipinski definition) is 2. The lowest BCUT2D eigenvalue weighted by Gasteiger charge is -2.08. The van der Waals surface area contributed by atoms with Gasteiger partial charge >= 0.3 is 0 Å². The van der Waals surface area contributed by atoms with Crippen molar-refractivity contribution in [1.29, 1.82) is 0 Å². The first kappa shape index (κ1) is 10.9. The summed E-state index contributed by atoms with van der Waals surface area (Å²) < 4.78 is 0. The summed E-state index contributed by atoms with van der Waals surface area (Å²) >= 11 is 5.35. The van der Waals surface area contributed by atoms with Crippen LogP contribution in [-0.4, -0.2) is 16.9 Å². The predicted molar refractivity (Wildman–Crippen MR) is 56.9 cm³/mol. The zero-order valence-corrected chi connectivity index (χ0v) is 8.85. The van der Waals surface area contributed by atoms with Crippen molar-refractivity contribution in [3.8, 4) is 5.75 Å². The van der Waals surface area contributed by atoms with E-state index in [1.165, 1.54) is 0 Å². The van der Waals surface area contributed by atoms with Gasteiger partial charge in [-0.15, -0.1) is 11.6 Å². The van der Waals surface area contributed by atoms with Gasteiger partial charge in [0.2, 0.25) is 5.91 Å². The molecule has 0 bridgehead atoms. The SMILES string of the molecule is Cc1cc(NC(=O)CCl)cc(C)c1O. The number of amides is 1. The number of carbonyl (C=O) groups is 1. The molecule has 0 atom stereocenters. The predicted octanol–water partition coefficient (Wildman–Crippen LogP) is 2.19. The van der Waals surface area contributed by atoms with Gasteiger partial charge in [-0.2, -0.15) is 0 Å². The van der Waals surface area contributed by atoms with E-state index in [1.54, 1.807) is 26.0 Å². The van der Waals surface area contributed by atoms with Crippen molar-refractivity contribution >= 4 is 23.2 Å². The van der Waals surface area contributed by atoms with E-state index in [4.69, 9.17) is 11.6 Å². The number of aromatic hydroxyl groups is 1. The van der Waals surface area contributed by atoms with Crippen LogP contribution in [0, 0.1) is 13.8 Å². The fraction of sp³-hybridized carbons (Fsp3) is 0.300. The first-order valence-corrected chi connectivity index (χ1v) is 4.74. The van der Waals surface area contributed by atoms with Gasteiger partial charge in [0, 0.05) is 5.69 Å². The number of phenols is 1. The molecule has 0 unspecified atom stereocenters. The van der Waals surface area contributed by atoms with Crippen LogP contribution in [0.4, 0.5) is 5.69 Å². The Morgan fingerprint density at radius 3 is 2.36 bits per heavy atom. The van der Waals surface area contributed by atoms with E-state index in [0.717, 1.165) is 11.1 Å². The summed E-state index contributed by atoms with van der Waals surface area (Å²) in [7, 11) is 0. The molecule has 0 aliphatic carbocycles. The number of phenolic OH excluding ortho intramolecular Hbond substituents is 1. The molecule has 0 spiro atoms. The van der Waals surface area contributed by atoms with Crippen molar-refractivity contribution in [1.82, 2.24) is 0 Å². The van der Waals surface area contributed by atoms with Gasteiger partial charge in [0.15, 0.2) is 0 Å². The third-order valence-electron chi connectivity index (χ3n) is 1.90. The standard InChI is InChI=1S/C10H12ClNO2/c1-6-3-8(12-9(13)5-11)4-7(2)10(6)14/h3-4,14H,5H2,1-2H3,(H,12,13). The number of hydrogen-bond donors (Lipinski definition) is 2.